The van der Waals surface area contributed by atoms with E-state index in [1.807, 2.05) is 6.07 Å². The average Bonchev–Trinajstić information content (AvgIpc) is 2.92. The van der Waals surface area contributed by atoms with Crippen molar-refractivity contribution in [3.63, 3.8) is 0 Å². The van der Waals surface area contributed by atoms with E-state index in [-0.39, 0.29) is 0 Å². The summed E-state index contributed by atoms with van der Waals surface area (Å²) >= 11 is 9.26. The van der Waals surface area contributed by atoms with Gasteiger partial charge in [-0.05, 0) is 46.3 Å². The number of rotatable bonds is 2. The lowest BCUT2D eigenvalue weighted by atomic mass is 10.2. The third kappa shape index (κ3) is 2.52. The van der Waals surface area contributed by atoms with Gasteiger partial charge in [-0.2, -0.15) is 4.98 Å². The predicted octanol–water partition coefficient (Wildman–Crippen LogP) is 3.80. The highest BCUT2D eigenvalue weighted by Gasteiger charge is 2.14. The van der Waals surface area contributed by atoms with Gasteiger partial charge in [-0.25, -0.2) is 0 Å². The van der Waals surface area contributed by atoms with E-state index in [9.17, 15) is 0 Å². The molecule has 100 valence electrons. The lowest BCUT2D eigenvalue weighted by Crippen LogP contribution is -1.90. The van der Waals surface area contributed by atoms with E-state index in [1.165, 1.54) is 0 Å². The monoisotopic (exact) mass is 350 g/mol. The minimum Gasteiger partial charge on any atom is -0.398 e. The van der Waals surface area contributed by atoms with Gasteiger partial charge in [0.15, 0.2) is 0 Å². The number of nitrogens with zero attached hydrogens (tertiary/aromatic N) is 3. The summed E-state index contributed by atoms with van der Waals surface area (Å²) < 4.78 is 6.10. The molecule has 0 saturated heterocycles. The lowest BCUT2D eigenvalue weighted by Gasteiger charge is -2.00. The van der Waals surface area contributed by atoms with Crippen molar-refractivity contribution in [1.82, 2.24) is 15.1 Å². The molecule has 5 nitrogen and oxygen atoms in total. The number of aromatic nitrogens is 3. The maximum Gasteiger partial charge on any atom is 0.260 e. The highest BCUT2D eigenvalue weighted by molar-refractivity contribution is 9.10. The van der Waals surface area contributed by atoms with Crippen LogP contribution >= 0.6 is 27.5 Å². The molecule has 7 heteroatoms. The molecule has 3 rings (SSSR count). The van der Waals surface area contributed by atoms with Crippen LogP contribution in [0.2, 0.25) is 5.02 Å². The maximum absolute atomic E-state index is 5.94. The molecule has 0 amide bonds. The van der Waals surface area contributed by atoms with E-state index in [2.05, 4.69) is 31.1 Å². The zero-order valence-corrected chi connectivity index (χ0v) is 12.4. The highest BCUT2D eigenvalue weighted by Crippen LogP contribution is 2.29. The Labute approximate surface area is 127 Å². The SMILES string of the molecule is Nc1ccc(Cl)cc1-c1nc(-c2ccc(Br)cn2)no1. The number of pyridine rings is 1. The Morgan fingerprint density at radius 3 is 2.80 bits per heavy atom. The summed E-state index contributed by atoms with van der Waals surface area (Å²) in [5, 5.41) is 4.45. The third-order valence-electron chi connectivity index (χ3n) is 2.63. The van der Waals surface area contributed by atoms with Crippen LogP contribution in [0.15, 0.2) is 45.5 Å². The molecule has 0 aliphatic heterocycles. The van der Waals surface area contributed by atoms with Crippen molar-refractivity contribution in [2.24, 2.45) is 0 Å². The zero-order valence-electron chi connectivity index (χ0n) is 10.0. The molecule has 1 aromatic carbocycles. The molecule has 0 fully saturated rings. The largest absolute Gasteiger partial charge is 0.398 e. The Kier molecular flexibility index (Phi) is 3.42. The molecule has 20 heavy (non-hydrogen) atoms. The van der Waals surface area contributed by atoms with Gasteiger partial charge in [0, 0.05) is 21.4 Å². The molecule has 0 saturated carbocycles. The van der Waals surface area contributed by atoms with Crippen molar-refractivity contribution in [3.05, 3.63) is 46.0 Å². The first-order valence-corrected chi connectivity index (χ1v) is 6.81. The van der Waals surface area contributed by atoms with Gasteiger partial charge >= 0.3 is 0 Å². The number of hydrogen-bond donors (Lipinski definition) is 1. The minimum atomic E-state index is 0.310. The van der Waals surface area contributed by atoms with Crippen molar-refractivity contribution >= 4 is 33.2 Å². The molecular formula is C13H8BrClN4O. The Morgan fingerprint density at radius 1 is 1.20 bits per heavy atom. The maximum atomic E-state index is 5.94. The van der Waals surface area contributed by atoms with Gasteiger partial charge in [-0.1, -0.05) is 16.8 Å². The zero-order chi connectivity index (χ0) is 14.1. The van der Waals surface area contributed by atoms with Crippen molar-refractivity contribution in [3.8, 4) is 23.0 Å². The first-order chi connectivity index (χ1) is 9.63. The molecule has 0 atom stereocenters. The Balaban J connectivity index is 2.01. The van der Waals surface area contributed by atoms with E-state index in [4.69, 9.17) is 21.9 Å². The lowest BCUT2D eigenvalue weighted by molar-refractivity contribution is 0.432. The molecule has 0 unspecified atom stereocenters. The first kappa shape index (κ1) is 13.1. The van der Waals surface area contributed by atoms with E-state index in [1.54, 1.807) is 30.5 Å². The number of halogens is 2. The third-order valence-corrected chi connectivity index (χ3v) is 3.33. The smallest absolute Gasteiger partial charge is 0.260 e. The standard InChI is InChI=1S/C13H8BrClN4O/c14-7-1-4-11(17-6-7)12-18-13(20-19-12)9-5-8(15)2-3-10(9)16/h1-6H,16H2. The van der Waals surface area contributed by atoms with Crippen LogP contribution in [0.5, 0.6) is 0 Å². The molecule has 0 spiro atoms. The molecule has 0 aliphatic rings. The average molecular weight is 352 g/mol. The van der Waals surface area contributed by atoms with Gasteiger partial charge in [0.25, 0.3) is 5.89 Å². The Hall–Kier alpha value is -1.92. The predicted molar refractivity (Wildman–Crippen MR) is 80.1 cm³/mol. The Morgan fingerprint density at radius 2 is 2.05 bits per heavy atom. The fraction of sp³-hybridized carbons (Fsp3) is 0. The second-order valence-electron chi connectivity index (χ2n) is 4.02. The van der Waals surface area contributed by atoms with E-state index in [0.717, 1.165) is 4.47 Å². The van der Waals surface area contributed by atoms with Crippen LogP contribution in [0.3, 0.4) is 0 Å². The van der Waals surface area contributed by atoms with Crippen LogP contribution in [0, 0.1) is 0 Å². The van der Waals surface area contributed by atoms with Gasteiger partial charge < -0.3 is 10.3 Å². The number of anilines is 1. The van der Waals surface area contributed by atoms with E-state index < -0.39 is 0 Å². The second kappa shape index (κ2) is 5.22. The molecule has 2 aromatic heterocycles. The molecule has 0 aliphatic carbocycles. The summed E-state index contributed by atoms with van der Waals surface area (Å²) in [6.45, 7) is 0. The Bertz CT molecular complexity index is 757. The van der Waals surface area contributed by atoms with Gasteiger partial charge in [-0.3, -0.25) is 4.98 Å². The molecular weight excluding hydrogens is 344 g/mol. The molecule has 0 radical (unpaired) electrons. The van der Waals surface area contributed by atoms with Gasteiger partial charge in [-0.15, -0.1) is 0 Å². The van der Waals surface area contributed by atoms with Gasteiger partial charge in [0.1, 0.15) is 5.69 Å². The van der Waals surface area contributed by atoms with Crippen molar-refractivity contribution in [2.45, 2.75) is 0 Å². The van der Waals surface area contributed by atoms with Crippen molar-refractivity contribution < 1.29 is 4.52 Å². The summed E-state index contributed by atoms with van der Waals surface area (Å²) in [6, 6.07) is 8.72. The van der Waals surface area contributed by atoms with Gasteiger partial charge in [0.05, 0.1) is 5.56 Å². The fourth-order valence-corrected chi connectivity index (χ4v) is 2.07. The fourth-order valence-electron chi connectivity index (χ4n) is 1.66. The molecule has 3 aromatic rings. The van der Waals surface area contributed by atoms with Crippen LogP contribution in [0.4, 0.5) is 5.69 Å². The summed E-state index contributed by atoms with van der Waals surface area (Å²) in [5.41, 5.74) is 7.62. The number of benzene rings is 1. The first-order valence-electron chi connectivity index (χ1n) is 5.64. The van der Waals surface area contributed by atoms with Crippen LogP contribution in [0.1, 0.15) is 0 Å². The van der Waals surface area contributed by atoms with Crippen LogP contribution in [-0.4, -0.2) is 15.1 Å². The minimum absolute atomic E-state index is 0.310. The van der Waals surface area contributed by atoms with Crippen LogP contribution in [-0.2, 0) is 0 Å². The van der Waals surface area contributed by atoms with E-state index >= 15 is 0 Å². The topological polar surface area (TPSA) is 77.8 Å². The second-order valence-corrected chi connectivity index (χ2v) is 5.37. The van der Waals surface area contributed by atoms with E-state index in [0.29, 0.717) is 33.7 Å². The molecule has 0 bridgehead atoms. The van der Waals surface area contributed by atoms with Crippen molar-refractivity contribution in [1.29, 1.82) is 0 Å². The highest BCUT2D eigenvalue weighted by atomic mass is 79.9. The summed E-state index contributed by atoms with van der Waals surface area (Å²) in [6.07, 6.45) is 1.67. The van der Waals surface area contributed by atoms with Crippen LogP contribution in [0.25, 0.3) is 23.0 Å². The summed E-state index contributed by atoms with van der Waals surface area (Å²) in [4.78, 5) is 8.49. The molecule has 2 N–H and O–H groups in total. The number of nitrogens with two attached hydrogens (primary N) is 1. The number of hydrogen-bond acceptors (Lipinski definition) is 5. The summed E-state index contributed by atoms with van der Waals surface area (Å²) in [7, 11) is 0. The summed E-state index contributed by atoms with van der Waals surface area (Å²) in [5.74, 6) is 0.705. The number of nitrogen functional groups attached to an aromatic ring is 1. The van der Waals surface area contributed by atoms with Gasteiger partial charge in [0.2, 0.25) is 5.82 Å². The quantitative estimate of drug-likeness (QED) is 0.711. The normalized spacial score (nSPS) is 10.7. The molecule has 2 heterocycles. The van der Waals surface area contributed by atoms with Crippen LogP contribution < -0.4 is 5.73 Å². The van der Waals surface area contributed by atoms with Crippen molar-refractivity contribution in [2.75, 3.05) is 5.73 Å².